The molecule has 0 saturated heterocycles. The molecule has 1 aromatic carbocycles. The van der Waals surface area contributed by atoms with Gasteiger partial charge in [0.25, 0.3) is 0 Å². The molecule has 2 aromatic rings. The summed E-state index contributed by atoms with van der Waals surface area (Å²) in [4.78, 5) is 4.16. The van der Waals surface area contributed by atoms with Crippen LogP contribution in [-0.2, 0) is 0 Å². The van der Waals surface area contributed by atoms with Crippen LogP contribution in [0.25, 0.3) is 0 Å². The van der Waals surface area contributed by atoms with Crippen LogP contribution in [0.15, 0.2) is 34.9 Å². The van der Waals surface area contributed by atoms with Gasteiger partial charge in [-0.15, -0.1) is 0 Å². The Balaban J connectivity index is 2.61. The van der Waals surface area contributed by atoms with Gasteiger partial charge in [0.1, 0.15) is 11.6 Å². The van der Waals surface area contributed by atoms with Crippen LogP contribution >= 0.6 is 15.9 Å². The highest BCUT2D eigenvalue weighted by Crippen LogP contribution is 2.31. The Bertz CT molecular complexity index is 602. The molecule has 2 rings (SSSR count). The van der Waals surface area contributed by atoms with Crippen LogP contribution in [0.4, 0.5) is 8.78 Å². The van der Waals surface area contributed by atoms with Gasteiger partial charge in [0.05, 0.1) is 10.5 Å². The normalized spacial score (nSPS) is 12.5. The van der Waals surface area contributed by atoms with E-state index in [9.17, 15) is 8.78 Å². The second kappa shape index (κ2) is 5.75. The van der Waals surface area contributed by atoms with Gasteiger partial charge < -0.3 is 5.32 Å². The third-order valence-corrected chi connectivity index (χ3v) is 3.63. The Kier molecular flexibility index (Phi) is 4.27. The van der Waals surface area contributed by atoms with E-state index in [1.165, 1.54) is 12.1 Å². The highest BCUT2D eigenvalue weighted by molar-refractivity contribution is 9.10. The molecular formula is C14H13BrF2N2. The molecule has 0 aliphatic heterocycles. The lowest BCUT2D eigenvalue weighted by atomic mass is 9.97. The van der Waals surface area contributed by atoms with Crippen LogP contribution in [0.1, 0.15) is 22.9 Å². The van der Waals surface area contributed by atoms with E-state index in [1.54, 1.807) is 19.3 Å². The van der Waals surface area contributed by atoms with Gasteiger partial charge >= 0.3 is 0 Å². The Morgan fingerprint density at radius 3 is 2.63 bits per heavy atom. The number of pyridine rings is 1. The third-order valence-electron chi connectivity index (χ3n) is 3.02. The zero-order chi connectivity index (χ0) is 14.0. The van der Waals surface area contributed by atoms with E-state index in [0.717, 1.165) is 11.3 Å². The lowest BCUT2D eigenvalue weighted by molar-refractivity contribution is 0.517. The molecule has 0 spiro atoms. The van der Waals surface area contributed by atoms with Gasteiger partial charge in [0, 0.05) is 17.5 Å². The number of aromatic nitrogens is 1. The molecule has 0 bridgehead atoms. The number of nitrogens with one attached hydrogen (secondary N) is 1. The highest BCUT2D eigenvalue weighted by atomic mass is 79.9. The van der Waals surface area contributed by atoms with E-state index in [4.69, 9.17) is 0 Å². The summed E-state index contributed by atoms with van der Waals surface area (Å²) in [6.07, 6.45) is 1.65. The maximum Gasteiger partial charge on any atom is 0.145 e. The zero-order valence-corrected chi connectivity index (χ0v) is 12.1. The molecule has 0 aliphatic rings. The van der Waals surface area contributed by atoms with E-state index in [1.807, 2.05) is 13.0 Å². The molecule has 2 nitrogen and oxygen atoms in total. The highest BCUT2D eigenvalue weighted by Gasteiger charge is 2.23. The van der Waals surface area contributed by atoms with E-state index in [0.29, 0.717) is 0 Å². The molecule has 5 heteroatoms. The first-order valence-corrected chi connectivity index (χ1v) is 6.57. The van der Waals surface area contributed by atoms with Crippen LogP contribution in [0.2, 0.25) is 0 Å². The summed E-state index contributed by atoms with van der Waals surface area (Å²) in [5.41, 5.74) is 1.48. The Morgan fingerprint density at radius 2 is 2.00 bits per heavy atom. The summed E-state index contributed by atoms with van der Waals surface area (Å²) in [5.74, 6) is -1.18. The largest absolute Gasteiger partial charge is 0.309 e. The predicted octanol–water partition coefficient (Wildman–Crippen LogP) is 3.74. The van der Waals surface area contributed by atoms with Crippen molar-refractivity contribution in [1.29, 1.82) is 0 Å². The topological polar surface area (TPSA) is 24.9 Å². The minimum atomic E-state index is -0.595. The average molecular weight is 327 g/mol. The van der Waals surface area contributed by atoms with Crippen molar-refractivity contribution in [2.24, 2.45) is 0 Å². The van der Waals surface area contributed by atoms with Gasteiger partial charge in [0.2, 0.25) is 0 Å². The number of hydrogen-bond acceptors (Lipinski definition) is 2. The summed E-state index contributed by atoms with van der Waals surface area (Å²) in [5, 5.41) is 2.94. The Labute approximate surface area is 119 Å². The molecule has 1 heterocycles. The van der Waals surface area contributed by atoms with Gasteiger partial charge in [-0.05, 0) is 53.7 Å². The molecule has 0 saturated carbocycles. The van der Waals surface area contributed by atoms with Crippen molar-refractivity contribution in [1.82, 2.24) is 10.3 Å². The quantitative estimate of drug-likeness (QED) is 0.869. The molecule has 1 aromatic heterocycles. The molecule has 19 heavy (non-hydrogen) atoms. The molecule has 0 aliphatic carbocycles. The first-order valence-electron chi connectivity index (χ1n) is 5.78. The van der Waals surface area contributed by atoms with Crippen molar-refractivity contribution in [2.75, 3.05) is 7.05 Å². The standard InChI is InChI=1S/C14H13BrF2N2/c1-8-9(4-3-7-19-8)14(18-2)12-11(16)6-5-10(15)13(12)17/h3-7,14,18H,1-2H3. The van der Waals surface area contributed by atoms with Gasteiger partial charge in [-0.2, -0.15) is 0 Å². The number of halogens is 3. The van der Waals surface area contributed by atoms with Crippen molar-refractivity contribution < 1.29 is 8.78 Å². The molecule has 0 fully saturated rings. The summed E-state index contributed by atoms with van der Waals surface area (Å²) in [6, 6.07) is 5.59. The Morgan fingerprint density at radius 1 is 1.26 bits per heavy atom. The molecule has 100 valence electrons. The molecule has 1 N–H and O–H groups in total. The zero-order valence-electron chi connectivity index (χ0n) is 10.5. The van der Waals surface area contributed by atoms with Gasteiger partial charge in [0.15, 0.2) is 0 Å². The molecule has 0 radical (unpaired) electrons. The van der Waals surface area contributed by atoms with Crippen molar-refractivity contribution >= 4 is 15.9 Å². The van der Waals surface area contributed by atoms with Crippen molar-refractivity contribution in [3.05, 3.63) is 63.4 Å². The number of nitrogens with zero attached hydrogens (tertiary/aromatic N) is 1. The van der Waals surface area contributed by atoms with Gasteiger partial charge in [-0.25, -0.2) is 8.78 Å². The molecule has 1 unspecified atom stereocenters. The number of benzene rings is 1. The van der Waals surface area contributed by atoms with E-state index in [2.05, 4.69) is 26.2 Å². The second-order valence-electron chi connectivity index (χ2n) is 4.16. The van der Waals surface area contributed by atoms with Crippen LogP contribution < -0.4 is 5.32 Å². The lowest BCUT2D eigenvalue weighted by Crippen LogP contribution is -2.22. The van der Waals surface area contributed by atoms with E-state index < -0.39 is 17.7 Å². The maximum absolute atomic E-state index is 14.2. The van der Waals surface area contributed by atoms with E-state index >= 15 is 0 Å². The minimum Gasteiger partial charge on any atom is -0.309 e. The van der Waals surface area contributed by atoms with Crippen molar-refractivity contribution in [3.8, 4) is 0 Å². The van der Waals surface area contributed by atoms with Crippen LogP contribution in [0, 0.1) is 18.6 Å². The number of rotatable bonds is 3. The second-order valence-corrected chi connectivity index (χ2v) is 5.01. The number of aryl methyl sites for hydroxylation is 1. The van der Waals surface area contributed by atoms with E-state index in [-0.39, 0.29) is 10.0 Å². The van der Waals surface area contributed by atoms with Crippen LogP contribution in [0.5, 0.6) is 0 Å². The van der Waals surface area contributed by atoms with Gasteiger partial charge in [-0.1, -0.05) is 6.07 Å². The fourth-order valence-electron chi connectivity index (χ4n) is 2.06. The Hall–Kier alpha value is -1.33. The molecule has 0 amide bonds. The molecular weight excluding hydrogens is 314 g/mol. The van der Waals surface area contributed by atoms with Gasteiger partial charge in [-0.3, -0.25) is 4.98 Å². The minimum absolute atomic E-state index is 0.00650. The summed E-state index contributed by atoms with van der Waals surface area (Å²) >= 11 is 3.08. The lowest BCUT2D eigenvalue weighted by Gasteiger charge is -2.20. The predicted molar refractivity (Wildman–Crippen MR) is 73.9 cm³/mol. The average Bonchev–Trinajstić information content (AvgIpc) is 2.40. The van der Waals surface area contributed by atoms with Crippen LogP contribution in [-0.4, -0.2) is 12.0 Å². The maximum atomic E-state index is 14.2. The first kappa shape index (κ1) is 14.1. The SMILES string of the molecule is CNC(c1cccnc1C)c1c(F)ccc(Br)c1F. The monoisotopic (exact) mass is 326 g/mol. The first-order chi connectivity index (χ1) is 9.06. The number of hydrogen-bond donors (Lipinski definition) is 1. The summed E-state index contributed by atoms with van der Waals surface area (Å²) < 4.78 is 28.4. The third kappa shape index (κ3) is 2.67. The fourth-order valence-corrected chi connectivity index (χ4v) is 2.41. The fraction of sp³-hybridized carbons (Fsp3) is 0.214. The smallest absolute Gasteiger partial charge is 0.145 e. The summed E-state index contributed by atoms with van der Waals surface area (Å²) in [7, 11) is 1.66. The summed E-state index contributed by atoms with van der Waals surface area (Å²) in [6.45, 7) is 1.81. The van der Waals surface area contributed by atoms with Crippen molar-refractivity contribution in [2.45, 2.75) is 13.0 Å². The molecule has 1 atom stereocenters. The van der Waals surface area contributed by atoms with Crippen LogP contribution in [0.3, 0.4) is 0 Å². The van der Waals surface area contributed by atoms with Crippen molar-refractivity contribution in [3.63, 3.8) is 0 Å².